The van der Waals surface area contributed by atoms with E-state index in [1.54, 1.807) is 24.3 Å². The van der Waals surface area contributed by atoms with Crippen LogP contribution in [0.4, 0.5) is 11.4 Å². The number of carbonyl (C=O) groups is 2. The lowest BCUT2D eigenvalue weighted by molar-refractivity contribution is -0.114. The Kier molecular flexibility index (Phi) is 7.08. The molecule has 5 nitrogen and oxygen atoms in total. The Balaban J connectivity index is 1.54. The molecule has 0 saturated heterocycles. The van der Waals surface area contributed by atoms with Crippen molar-refractivity contribution in [2.24, 2.45) is 0 Å². The molecule has 3 aromatic carbocycles. The molecule has 0 aliphatic heterocycles. The highest BCUT2D eigenvalue weighted by Crippen LogP contribution is 2.21. The van der Waals surface area contributed by atoms with E-state index in [-0.39, 0.29) is 24.4 Å². The number of anilines is 2. The summed E-state index contributed by atoms with van der Waals surface area (Å²) in [4.78, 5) is 24.8. The number of aryl methyl sites for hydroxylation is 3. The van der Waals surface area contributed by atoms with Crippen LogP contribution in [0, 0.1) is 20.8 Å². The molecule has 3 aromatic rings. The molecule has 0 heterocycles. The van der Waals surface area contributed by atoms with Gasteiger partial charge in [0.2, 0.25) is 5.91 Å². The molecule has 3 N–H and O–H groups in total. The molecule has 0 aliphatic carbocycles. The number of amides is 2. The zero-order chi connectivity index (χ0) is 22.4. The molecule has 31 heavy (non-hydrogen) atoms. The lowest BCUT2D eigenvalue weighted by atomic mass is 10.1. The zero-order valence-electron chi connectivity index (χ0n) is 18.5. The summed E-state index contributed by atoms with van der Waals surface area (Å²) in [7, 11) is 0. The van der Waals surface area contributed by atoms with E-state index in [1.165, 1.54) is 5.56 Å². The van der Waals surface area contributed by atoms with Gasteiger partial charge in [-0.25, -0.2) is 0 Å². The molecule has 0 spiro atoms. The Hall–Kier alpha value is -3.60. The maximum absolute atomic E-state index is 12.5. The summed E-state index contributed by atoms with van der Waals surface area (Å²) >= 11 is 0. The molecule has 3 rings (SSSR count). The number of nitrogens with one attached hydrogen (secondary N) is 3. The van der Waals surface area contributed by atoms with Crippen LogP contribution in [0.5, 0.6) is 0 Å². The van der Waals surface area contributed by atoms with Crippen LogP contribution in [-0.4, -0.2) is 18.4 Å². The minimum atomic E-state index is -0.152. The van der Waals surface area contributed by atoms with Crippen LogP contribution < -0.4 is 16.0 Å². The first kappa shape index (κ1) is 22.1. The standard InChI is InChI=1S/C26H29N3O2/c1-17-14-18(2)25(19(3)15-17)27-16-24(30)29-23-12-10-22(11-13-23)26(31)28-20(4)21-8-6-5-7-9-21/h5-15,20,27H,16H2,1-4H3,(H,28,31)(H,29,30). The van der Waals surface area contributed by atoms with Crippen molar-refractivity contribution in [2.75, 3.05) is 17.2 Å². The first-order chi connectivity index (χ1) is 14.8. The van der Waals surface area contributed by atoms with Crippen LogP contribution >= 0.6 is 0 Å². The Labute approximate surface area is 183 Å². The third-order valence-corrected chi connectivity index (χ3v) is 5.18. The van der Waals surface area contributed by atoms with Crippen molar-refractivity contribution >= 4 is 23.2 Å². The molecule has 1 unspecified atom stereocenters. The van der Waals surface area contributed by atoms with Crippen molar-refractivity contribution in [3.8, 4) is 0 Å². The van der Waals surface area contributed by atoms with Crippen LogP contribution in [0.1, 0.15) is 45.6 Å². The topological polar surface area (TPSA) is 70.2 Å². The zero-order valence-corrected chi connectivity index (χ0v) is 18.5. The molecular formula is C26H29N3O2. The lowest BCUT2D eigenvalue weighted by Crippen LogP contribution is -2.26. The van der Waals surface area contributed by atoms with E-state index in [1.807, 2.05) is 51.1 Å². The maximum Gasteiger partial charge on any atom is 0.251 e. The summed E-state index contributed by atoms with van der Waals surface area (Å²) in [6.45, 7) is 8.24. The summed E-state index contributed by atoms with van der Waals surface area (Å²) in [6.07, 6.45) is 0. The van der Waals surface area contributed by atoms with Crippen molar-refractivity contribution < 1.29 is 9.59 Å². The maximum atomic E-state index is 12.5. The average molecular weight is 416 g/mol. The van der Waals surface area contributed by atoms with Crippen molar-refractivity contribution in [2.45, 2.75) is 33.7 Å². The highest BCUT2D eigenvalue weighted by atomic mass is 16.2. The molecule has 0 bridgehead atoms. The van der Waals surface area contributed by atoms with Crippen LogP contribution in [-0.2, 0) is 4.79 Å². The quantitative estimate of drug-likeness (QED) is 0.500. The number of carbonyl (C=O) groups excluding carboxylic acids is 2. The second kappa shape index (κ2) is 9.94. The lowest BCUT2D eigenvalue weighted by Gasteiger charge is -2.15. The van der Waals surface area contributed by atoms with Gasteiger partial charge in [0.05, 0.1) is 12.6 Å². The molecule has 5 heteroatoms. The third-order valence-electron chi connectivity index (χ3n) is 5.18. The van der Waals surface area contributed by atoms with E-state index in [0.29, 0.717) is 11.3 Å². The minimum absolute atomic E-state index is 0.0900. The van der Waals surface area contributed by atoms with Gasteiger partial charge in [0, 0.05) is 16.9 Å². The number of benzene rings is 3. The van der Waals surface area contributed by atoms with Crippen molar-refractivity contribution in [3.05, 3.63) is 94.5 Å². The average Bonchev–Trinajstić information content (AvgIpc) is 2.74. The number of hydrogen-bond donors (Lipinski definition) is 3. The molecule has 1 atom stereocenters. The fourth-order valence-electron chi connectivity index (χ4n) is 3.64. The molecule has 0 saturated carbocycles. The van der Waals surface area contributed by atoms with Crippen molar-refractivity contribution in [3.63, 3.8) is 0 Å². The first-order valence-corrected chi connectivity index (χ1v) is 10.4. The largest absolute Gasteiger partial charge is 0.376 e. The summed E-state index contributed by atoms with van der Waals surface area (Å²) in [6, 6.07) is 20.8. The molecule has 2 amide bonds. The highest BCUT2D eigenvalue weighted by molar-refractivity contribution is 5.97. The third kappa shape index (κ3) is 5.95. The normalized spacial score (nSPS) is 11.5. The van der Waals surface area contributed by atoms with E-state index < -0.39 is 0 Å². The molecule has 160 valence electrons. The Bertz CT molecular complexity index is 1040. The van der Waals surface area contributed by atoms with Gasteiger partial charge in [-0.1, -0.05) is 48.0 Å². The Morgan fingerprint density at radius 3 is 2.10 bits per heavy atom. The van der Waals surface area contributed by atoms with Crippen LogP contribution in [0.15, 0.2) is 66.7 Å². The van der Waals surface area contributed by atoms with E-state index >= 15 is 0 Å². The van der Waals surface area contributed by atoms with E-state index in [9.17, 15) is 9.59 Å². The van der Waals surface area contributed by atoms with Gasteiger partial charge in [-0.3, -0.25) is 9.59 Å². The molecule has 0 aromatic heterocycles. The van der Waals surface area contributed by atoms with Crippen molar-refractivity contribution in [1.29, 1.82) is 0 Å². The van der Waals surface area contributed by atoms with E-state index in [0.717, 1.165) is 22.4 Å². The molecule has 0 fully saturated rings. The predicted molar refractivity (Wildman–Crippen MR) is 127 cm³/mol. The Morgan fingerprint density at radius 2 is 1.48 bits per heavy atom. The minimum Gasteiger partial charge on any atom is -0.376 e. The van der Waals surface area contributed by atoms with Gasteiger partial charge in [-0.15, -0.1) is 0 Å². The highest BCUT2D eigenvalue weighted by Gasteiger charge is 2.12. The fraction of sp³-hybridized carbons (Fsp3) is 0.231. The van der Waals surface area contributed by atoms with Gasteiger partial charge in [0.1, 0.15) is 0 Å². The molecular weight excluding hydrogens is 386 g/mol. The second-order valence-corrected chi connectivity index (χ2v) is 7.86. The summed E-state index contributed by atoms with van der Waals surface area (Å²) in [5.41, 5.74) is 6.66. The van der Waals surface area contributed by atoms with Gasteiger partial charge in [-0.05, 0) is 68.7 Å². The number of hydrogen-bond acceptors (Lipinski definition) is 3. The van der Waals surface area contributed by atoms with E-state index in [4.69, 9.17) is 0 Å². The van der Waals surface area contributed by atoms with Gasteiger partial charge in [0.15, 0.2) is 0 Å². The van der Waals surface area contributed by atoms with E-state index in [2.05, 4.69) is 35.0 Å². The second-order valence-electron chi connectivity index (χ2n) is 7.86. The van der Waals surface area contributed by atoms with Crippen LogP contribution in [0.3, 0.4) is 0 Å². The summed E-state index contributed by atoms with van der Waals surface area (Å²) < 4.78 is 0. The van der Waals surface area contributed by atoms with Crippen LogP contribution in [0.25, 0.3) is 0 Å². The Morgan fingerprint density at radius 1 is 0.871 bits per heavy atom. The summed E-state index contributed by atoms with van der Waals surface area (Å²) in [5.74, 6) is -0.296. The van der Waals surface area contributed by atoms with Crippen molar-refractivity contribution in [1.82, 2.24) is 5.32 Å². The fourth-order valence-corrected chi connectivity index (χ4v) is 3.64. The molecule has 0 aliphatic rings. The monoisotopic (exact) mass is 415 g/mol. The number of rotatable bonds is 7. The smallest absolute Gasteiger partial charge is 0.251 e. The van der Waals surface area contributed by atoms with Gasteiger partial charge < -0.3 is 16.0 Å². The SMILES string of the molecule is Cc1cc(C)c(NCC(=O)Nc2ccc(C(=O)NC(C)c3ccccc3)cc2)c(C)c1. The van der Waals surface area contributed by atoms with Crippen LogP contribution in [0.2, 0.25) is 0 Å². The predicted octanol–water partition coefficient (Wildman–Crippen LogP) is 5.15. The first-order valence-electron chi connectivity index (χ1n) is 10.4. The molecule has 0 radical (unpaired) electrons. The van der Waals surface area contributed by atoms with Gasteiger partial charge in [-0.2, -0.15) is 0 Å². The summed E-state index contributed by atoms with van der Waals surface area (Å²) in [5, 5.41) is 9.07. The van der Waals surface area contributed by atoms with Gasteiger partial charge in [0.25, 0.3) is 5.91 Å². The van der Waals surface area contributed by atoms with Gasteiger partial charge >= 0.3 is 0 Å².